The maximum atomic E-state index is 12.5. The molecule has 0 saturated carbocycles. The number of carbonyl (C=O) groups is 2. The predicted molar refractivity (Wildman–Crippen MR) is 80.6 cm³/mol. The summed E-state index contributed by atoms with van der Waals surface area (Å²) in [7, 11) is 0. The Labute approximate surface area is 125 Å². The third-order valence-corrected chi connectivity index (χ3v) is 3.79. The highest BCUT2D eigenvalue weighted by atomic mass is 16.3. The molecule has 1 aromatic carbocycles. The zero-order valence-corrected chi connectivity index (χ0v) is 12.9. The van der Waals surface area contributed by atoms with Gasteiger partial charge in [-0.05, 0) is 24.8 Å². The van der Waals surface area contributed by atoms with Crippen LogP contribution in [-0.4, -0.2) is 34.0 Å². The first-order chi connectivity index (χ1) is 9.80. The molecule has 2 amide bonds. The van der Waals surface area contributed by atoms with E-state index in [1.807, 2.05) is 44.2 Å². The molecule has 4 heteroatoms. The van der Waals surface area contributed by atoms with E-state index in [1.54, 1.807) is 6.92 Å². The van der Waals surface area contributed by atoms with Crippen molar-refractivity contribution in [2.45, 2.75) is 45.1 Å². The second kappa shape index (κ2) is 5.98. The highest BCUT2D eigenvalue weighted by Crippen LogP contribution is 2.31. The molecule has 1 fully saturated rings. The molecule has 1 aromatic rings. The second-order valence-corrected chi connectivity index (χ2v) is 6.58. The topological polar surface area (TPSA) is 57.6 Å². The van der Waals surface area contributed by atoms with Gasteiger partial charge in [0.15, 0.2) is 0 Å². The summed E-state index contributed by atoms with van der Waals surface area (Å²) in [5.74, 6) is -0.501. The highest BCUT2D eigenvalue weighted by molar-refractivity contribution is 6.06. The molecule has 2 atom stereocenters. The van der Waals surface area contributed by atoms with E-state index >= 15 is 0 Å². The van der Waals surface area contributed by atoms with Crippen LogP contribution in [-0.2, 0) is 9.59 Å². The Morgan fingerprint density at radius 2 is 1.90 bits per heavy atom. The molecule has 1 heterocycles. The maximum Gasteiger partial charge on any atom is 0.237 e. The first-order valence-electron chi connectivity index (χ1n) is 7.42. The number of nitrogens with zero attached hydrogens (tertiary/aromatic N) is 1. The molecule has 0 aromatic heterocycles. The van der Waals surface area contributed by atoms with Crippen LogP contribution >= 0.6 is 0 Å². The van der Waals surface area contributed by atoms with E-state index in [0.717, 1.165) is 5.56 Å². The van der Waals surface area contributed by atoms with Gasteiger partial charge in [-0.15, -0.1) is 0 Å². The van der Waals surface area contributed by atoms with Crippen molar-refractivity contribution in [1.29, 1.82) is 0 Å². The number of imide groups is 1. The smallest absolute Gasteiger partial charge is 0.237 e. The molecule has 1 saturated heterocycles. The maximum absolute atomic E-state index is 12.5. The number of likely N-dealkylation sites (tertiary alicyclic amines) is 1. The summed E-state index contributed by atoms with van der Waals surface area (Å²) in [4.78, 5) is 25.8. The van der Waals surface area contributed by atoms with Crippen LogP contribution in [0.25, 0.3) is 0 Å². The van der Waals surface area contributed by atoms with Gasteiger partial charge in [0.25, 0.3) is 0 Å². The number of hydrogen-bond acceptors (Lipinski definition) is 3. The van der Waals surface area contributed by atoms with E-state index in [4.69, 9.17) is 0 Å². The molecule has 0 aliphatic carbocycles. The molecule has 0 bridgehead atoms. The SMILES string of the molecule is CC(C)CC(C)(O)CN1C(=O)CC(c2ccccc2)C1=O. The fourth-order valence-electron chi connectivity index (χ4n) is 3.08. The summed E-state index contributed by atoms with van der Waals surface area (Å²) in [5, 5.41) is 10.4. The molecular weight excluding hydrogens is 266 g/mol. The lowest BCUT2D eigenvalue weighted by atomic mass is 9.93. The predicted octanol–water partition coefficient (Wildman–Crippen LogP) is 2.33. The van der Waals surface area contributed by atoms with Crippen molar-refractivity contribution in [2.24, 2.45) is 5.92 Å². The van der Waals surface area contributed by atoms with Crippen molar-refractivity contribution in [3.05, 3.63) is 35.9 Å². The van der Waals surface area contributed by atoms with E-state index in [-0.39, 0.29) is 24.8 Å². The van der Waals surface area contributed by atoms with Crippen molar-refractivity contribution in [3.63, 3.8) is 0 Å². The summed E-state index contributed by atoms with van der Waals surface area (Å²) in [6.45, 7) is 5.78. The monoisotopic (exact) mass is 289 g/mol. The molecule has 21 heavy (non-hydrogen) atoms. The van der Waals surface area contributed by atoms with Crippen molar-refractivity contribution < 1.29 is 14.7 Å². The lowest BCUT2D eigenvalue weighted by Gasteiger charge is -2.29. The summed E-state index contributed by atoms with van der Waals surface area (Å²) >= 11 is 0. The normalized spacial score (nSPS) is 22.0. The van der Waals surface area contributed by atoms with Gasteiger partial charge in [0.2, 0.25) is 11.8 Å². The Morgan fingerprint density at radius 1 is 1.29 bits per heavy atom. The Kier molecular flexibility index (Phi) is 4.47. The van der Waals surface area contributed by atoms with Crippen molar-refractivity contribution >= 4 is 11.8 Å². The minimum Gasteiger partial charge on any atom is -0.388 e. The fourth-order valence-corrected chi connectivity index (χ4v) is 3.08. The molecule has 1 N–H and O–H groups in total. The molecule has 0 spiro atoms. The Bertz CT molecular complexity index is 522. The molecule has 1 aliphatic heterocycles. The van der Waals surface area contributed by atoms with Gasteiger partial charge in [0.1, 0.15) is 0 Å². The summed E-state index contributed by atoms with van der Waals surface area (Å²) in [6.07, 6.45) is 0.751. The minimum absolute atomic E-state index is 0.0756. The number of aliphatic hydroxyl groups is 1. The number of hydrogen-bond donors (Lipinski definition) is 1. The summed E-state index contributed by atoms with van der Waals surface area (Å²) in [5.41, 5.74) is -0.174. The van der Waals surface area contributed by atoms with Crippen LogP contribution in [0.3, 0.4) is 0 Å². The lowest BCUT2D eigenvalue weighted by molar-refractivity contribution is -0.142. The van der Waals surface area contributed by atoms with Crippen molar-refractivity contribution in [3.8, 4) is 0 Å². The molecule has 0 radical (unpaired) electrons. The summed E-state index contributed by atoms with van der Waals surface area (Å²) in [6, 6.07) is 9.35. The van der Waals surface area contributed by atoms with Crippen LogP contribution in [0.15, 0.2) is 30.3 Å². The average Bonchev–Trinajstić information content (AvgIpc) is 2.66. The summed E-state index contributed by atoms with van der Waals surface area (Å²) < 4.78 is 0. The van der Waals surface area contributed by atoms with Gasteiger partial charge in [-0.25, -0.2) is 0 Å². The minimum atomic E-state index is -1.04. The van der Waals surface area contributed by atoms with Gasteiger partial charge < -0.3 is 5.11 Å². The standard InChI is InChI=1S/C17H23NO3/c1-12(2)10-17(3,21)11-18-15(19)9-14(16(18)20)13-7-5-4-6-8-13/h4-8,12,14,21H,9-11H2,1-3H3. The van der Waals surface area contributed by atoms with Gasteiger partial charge >= 0.3 is 0 Å². The highest BCUT2D eigenvalue weighted by Gasteiger charge is 2.42. The third kappa shape index (κ3) is 3.70. The number of amides is 2. The zero-order valence-electron chi connectivity index (χ0n) is 12.9. The number of rotatable bonds is 5. The Hall–Kier alpha value is -1.68. The molecular formula is C17H23NO3. The Balaban J connectivity index is 2.12. The van der Waals surface area contributed by atoms with Crippen LogP contribution in [0, 0.1) is 5.92 Å². The van der Waals surface area contributed by atoms with Crippen molar-refractivity contribution in [2.75, 3.05) is 6.54 Å². The Morgan fingerprint density at radius 3 is 2.48 bits per heavy atom. The number of carbonyl (C=O) groups excluding carboxylic acids is 2. The first kappa shape index (κ1) is 15.7. The number of benzene rings is 1. The molecule has 2 rings (SSSR count). The molecule has 114 valence electrons. The van der Waals surface area contributed by atoms with Gasteiger partial charge in [0, 0.05) is 6.42 Å². The van der Waals surface area contributed by atoms with E-state index in [9.17, 15) is 14.7 Å². The lowest BCUT2D eigenvalue weighted by Crippen LogP contribution is -2.44. The largest absolute Gasteiger partial charge is 0.388 e. The van der Waals surface area contributed by atoms with Gasteiger partial charge in [-0.1, -0.05) is 44.2 Å². The van der Waals surface area contributed by atoms with Crippen molar-refractivity contribution in [1.82, 2.24) is 4.90 Å². The number of β-amino-alcohol motifs (C(OH)–C–C–N with tert-alkyl or cyclic N) is 1. The van der Waals surface area contributed by atoms with Gasteiger partial charge in [-0.2, -0.15) is 0 Å². The van der Waals surface area contributed by atoms with E-state index < -0.39 is 11.5 Å². The second-order valence-electron chi connectivity index (χ2n) is 6.58. The van der Waals surface area contributed by atoms with Gasteiger partial charge in [0.05, 0.1) is 18.1 Å². The molecule has 4 nitrogen and oxygen atoms in total. The zero-order chi connectivity index (χ0) is 15.6. The average molecular weight is 289 g/mol. The van der Waals surface area contributed by atoms with Crippen LogP contribution in [0.1, 0.15) is 45.1 Å². The van der Waals surface area contributed by atoms with Crippen LogP contribution < -0.4 is 0 Å². The molecule has 1 aliphatic rings. The first-order valence-corrected chi connectivity index (χ1v) is 7.42. The van der Waals surface area contributed by atoms with E-state index in [0.29, 0.717) is 12.3 Å². The van der Waals surface area contributed by atoms with Crippen LogP contribution in [0.5, 0.6) is 0 Å². The van der Waals surface area contributed by atoms with Crippen LogP contribution in [0.4, 0.5) is 0 Å². The quantitative estimate of drug-likeness (QED) is 0.846. The van der Waals surface area contributed by atoms with Gasteiger partial charge in [-0.3, -0.25) is 14.5 Å². The van der Waals surface area contributed by atoms with E-state index in [2.05, 4.69) is 0 Å². The molecule has 2 unspecified atom stereocenters. The van der Waals surface area contributed by atoms with Crippen LogP contribution in [0.2, 0.25) is 0 Å². The fraction of sp³-hybridized carbons (Fsp3) is 0.529. The van der Waals surface area contributed by atoms with E-state index in [1.165, 1.54) is 4.90 Å². The third-order valence-electron chi connectivity index (χ3n) is 3.79.